The zero-order valence-corrected chi connectivity index (χ0v) is 9.51. The number of benzene rings is 1. The molecule has 0 nitrogen and oxygen atoms in total. The molecule has 0 aliphatic rings. The molecule has 0 bridgehead atoms. The number of fused-ring (bicyclic) bond motifs is 1. The molecule has 2 rings (SSSR count). The highest BCUT2D eigenvalue weighted by molar-refractivity contribution is 9.08. The van der Waals surface area contributed by atoms with Crippen LogP contribution in [0.5, 0.6) is 0 Å². The van der Waals surface area contributed by atoms with E-state index in [9.17, 15) is 4.39 Å². The molecule has 0 saturated heterocycles. The summed E-state index contributed by atoms with van der Waals surface area (Å²) in [7, 11) is 0. The molecule has 1 aromatic carbocycles. The highest BCUT2D eigenvalue weighted by Crippen LogP contribution is 2.29. The maximum absolute atomic E-state index is 13.2. The number of rotatable bonds is 1. The zero-order chi connectivity index (χ0) is 9.42. The Kier molecular flexibility index (Phi) is 2.39. The molecule has 0 aliphatic heterocycles. The van der Waals surface area contributed by atoms with Crippen molar-refractivity contribution < 1.29 is 4.39 Å². The summed E-state index contributed by atoms with van der Waals surface area (Å²) >= 11 is 4.86. The lowest BCUT2D eigenvalue weighted by molar-refractivity contribution is 0.643. The van der Waals surface area contributed by atoms with Gasteiger partial charge in [-0.3, -0.25) is 0 Å². The van der Waals surface area contributed by atoms with Gasteiger partial charge in [0.1, 0.15) is 5.82 Å². The second-order valence-corrected chi connectivity index (χ2v) is 4.48. The smallest absolute Gasteiger partial charge is 0.141 e. The van der Waals surface area contributed by atoms with Gasteiger partial charge in [-0.15, -0.1) is 11.3 Å². The van der Waals surface area contributed by atoms with Gasteiger partial charge in [0.15, 0.2) is 0 Å². The van der Waals surface area contributed by atoms with Gasteiger partial charge in [0.25, 0.3) is 0 Å². The average Bonchev–Trinajstić information content (AvgIpc) is 2.48. The first-order valence-electron chi connectivity index (χ1n) is 3.94. The summed E-state index contributed by atoms with van der Waals surface area (Å²) in [6.07, 6.45) is 0. The van der Waals surface area contributed by atoms with Gasteiger partial charge in [0.2, 0.25) is 0 Å². The van der Waals surface area contributed by atoms with Crippen LogP contribution >= 0.6 is 27.3 Å². The van der Waals surface area contributed by atoms with E-state index in [4.69, 9.17) is 0 Å². The lowest BCUT2D eigenvalue weighted by Gasteiger charge is -2.00. The number of thiophene rings is 1. The number of hydrogen-bond donors (Lipinski definition) is 0. The Bertz CT molecular complexity index is 447. The first-order valence-corrected chi connectivity index (χ1v) is 5.94. The summed E-state index contributed by atoms with van der Waals surface area (Å²) in [5.41, 5.74) is 2.22. The van der Waals surface area contributed by atoms with Crippen molar-refractivity contribution >= 4 is 37.4 Å². The van der Waals surface area contributed by atoms with E-state index < -0.39 is 0 Å². The van der Waals surface area contributed by atoms with Crippen molar-refractivity contribution in [1.29, 1.82) is 0 Å². The topological polar surface area (TPSA) is 0 Å². The molecule has 3 heteroatoms. The van der Waals surface area contributed by atoms with Crippen molar-refractivity contribution in [2.45, 2.75) is 12.3 Å². The molecule has 0 unspecified atom stereocenters. The molecule has 0 saturated carbocycles. The molecule has 0 amide bonds. The minimum atomic E-state index is -0.0985. The molecule has 0 fully saturated rings. The van der Waals surface area contributed by atoms with Gasteiger partial charge in [-0.05, 0) is 24.1 Å². The third-order valence-electron chi connectivity index (χ3n) is 2.04. The second-order valence-electron chi connectivity index (χ2n) is 3.00. The van der Waals surface area contributed by atoms with Crippen LogP contribution in [0.25, 0.3) is 10.1 Å². The molecule has 2 aromatic rings. The summed E-state index contributed by atoms with van der Waals surface area (Å²) in [6, 6.07) is 4.05. The Labute approximate surface area is 88.5 Å². The van der Waals surface area contributed by atoms with Gasteiger partial charge in [0, 0.05) is 20.8 Å². The monoisotopic (exact) mass is 258 g/mol. The highest BCUT2D eigenvalue weighted by atomic mass is 79.9. The van der Waals surface area contributed by atoms with Gasteiger partial charge in [-0.2, -0.15) is 0 Å². The quantitative estimate of drug-likeness (QED) is 0.672. The third kappa shape index (κ3) is 1.51. The summed E-state index contributed by atoms with van der Waals surface area (Å²) in [5, 5.41) is 3.16. The number of halogens is 2. The molecule has 0 atom stereocenters. The van der Waals surface area contributed by atoms with E-state index in [1.54, 1.807) is 5.38 Å². The molecular formula is C10H8BrFS. The van der Waals surface area contributed by atoms with E-state index in [0.29, 0.717) is 0 Å². The molecule has 0 aliphatic carbocycles. The molecule has 1 heterocycles. The highest BCUT2D eigenvalue weighted by Gasteiger charge is 2.07. The van der Waals surface area contributed by atoms with E-state index in [-0.39, 0.29) is 5.82 Å². The molecule has 0 radical (unpaired) electrons. The van der Waals surface area contributed by atoms with Crippen LogP contribution in [0.2, 0.25) is 0 Å². The Balaban J connectivity index is 2.79. The summed E-state index contributed by atoms with van der Waals surface area (Å²) in [5.74, 6) is -0.0985. The normalized spacial score (nSPS) is 11.0. The lowest BCUT2D eigenvalue weighted by Crippen LogP contribution is -1.82. The molecule has 0 N–H and O–H groups in total. The van der Waals surface area contributed by atoms with Gasteiger partial charge >= 0.3 is 0 Å². The van der Waals surface area contributed by atoms with Crippen LogP contribution in [0.1, 0.15) is 11.1 Å². The van der Waals surface area contributed by atoms with E-state index in [1.807, 2.05) is 19.1 Å². The molecule has 1 aromatic heterocycles. The first kappa shape index (κ1) is 9.16. The fourth-order valence-corrected chi connectivity index (χ4v) is 2.74. The Morgan fingerprint density at radius 3 is 2.92 bits per heavy atom. The summed E-state index contributed by atoms with van der Waals surface area (Å²) < 4.78 is 14.3. The van der Waals surface area contributed by atoms with Gasteiger partial charge in [-0.25, -0.2) is 4.39 Å². The minimum absolute atomic E-state index is 0.0985. The van der Waals surface area contributed by atoms with Crippen molar-refractivity contribution in [3.05, 3.63) is 34.5 Å². The van der Waals surface area contributed by atoms with Crippen molar-refractivity contribution in [3.63, 3.8) is 0 Å². The Morgan fingerprint density at radius 2 is 2.23 bits per heavy atom. The maximum atomic E-state index is 13.2. The fourth-order valence-electron chi connectivity index (χ4n) is 1.48. The predicted molar refractivity (Wildman–Crippen MR) is 59.2 cm³/mol. The predicted octanol–water partition coefficient (Wildman–Crippen LogP) is 4.24. The van der Waals surface area contributed by atoms with E-state index in [0.717, 1.165) is 21.0 Å². The third-order valence-corrected chi connectivity index (χ3v) is 3.59. The molecule has 68 valence electrons. The van der Waals surface area contributed by atoms with Crippen LogP contribution in [-0.4, -0.2) is 0 Å². The van der Waals surface area contributed by atoms with Crippen LogP contribution in [0, 0.1) is 12.7 Å². The largest absolute Gasteiger partial charge is 0.205 e. The van der Waals surface area contributed by atoms with Crippen LogP contribution in [0.15, 0.2) is 17.5 Å². The molecule has 13 heavy (non-hydrogen) atoms. The standard InChI is InChI=1S/C10H8BrFS/c1-6-2-7(4-11)3-9-10(6)8(12)5-13-9/h2-3,5H,4H2,1H3. The maximum Gasteiger partial charge on any atom is 0.141 e. The van der Waals surface area contributed by atoms with Gasteiger partial charge in [-0.1, -0.05) is 22.0 Å². The Hall–Kier alpha value is -0.410. The minimum Gasteiger partial charge on any atom is -0.205 e. The van der Waals surface area contributed by atoms with Crippen LogP contribution in [0.3, 0.4) is 0 Å². The van der Waals surface area contributed by atoms with Crippen molar-refractivity contribution in [2.75, 3.05) is 0 Å². The summed E-state index contributed by atoms with van der Waals surface area (Å²) in [6.45, 7) is 1.95. The van der Waals surface area contributed by atoms with Crippen LogP contribution in [0.4, 0.5) is 4.39 Å². The Morgan fingerprint density at radius 1 is 1.46 bits per heavy atom. The van der Waals surface area contributed by atoms with E-state index >= 15 is 0 Å². The molecular weight excluding hydrogens is 251 g/mol. The van der Waals surface area contributed by atoms with Crippen LogP contribution in [-0.2, 0) is 5.33 Å². The van der Waals surface area contributed by atoms with Crippen molar-refractivity contribution in [3.8, 4) is 0 Å². The average molecular weight is 259 g/mol. The second kappa shape index (κ2) is 3.39. The fraction of sp³-hybridized carbons (Fsp3) is 0.200. The first-order chi connectivity index (χ1) is 6.22. The van der Waals surface area contributed by atoms with E-state index in [2.05, 4.69) is 15.9 Å². The number of alkyl halides is 1. The number of aryl methyl sites for hydroxylation is 1. The van der Waals surface area contributed by atoms with Crippen molar-refractivity contribution in [1.82, 2.24) is 0 Å². The van der Waals surface area contributed by atoms with Crippen molar-refractivity contribution in [2.24, 2.45) is 0 Å². The SMILES string of the molecule is Cc1cc(CBr)cc2scc(F)c12. The van der Waals surface area contributed by atoms with Crippen LogP contribution < -0.4 is 0 Å². The summed E-state index contributed by atoms with van der Waals surface area (Å²) in [4.78, 5) is 0. The van der Waals surface area contributed by atoms with E-state index in [1.165, 1.54) is 16.9 Å². The lowest BCUT2D eigenvalue weighted by atomic mass is 10.1. The van der Waals surface area contributed by atoms with Gasteiger partial charge in [0.05, 0.1) is 0 Å². The van der Waals surface area contributed by atoms with Gasteiger partial charge < -0.3 is 0 Å². The zero-order valence-electron chi connectivity index (χ0n) is 7.10. The number of hydrogen-bond acceptors (Lipinski definition) is 1. The molecule has 0 spiro atoms.